The topological polar surface area (TPSA) is 90.5 Å². The maximum absolute atomic E-state index is 11.9. The van der Waals surface area contributed by atoms with E-state index in [2.05, 4.69) is 5.10 Å². The predicted octanol–water partition coefficient (Wildman–Crippen LogP) is 2.39. The van der Waals surface area contributed by atoms with E-state index in [1.807, 2.05) is 20.8 Å². The summed E-state index contributed by atoms with van der Waals surface area (Å²) in [4.78, 5) is 23.6. The number of amides is 1. The SMILES string of the molecule is CN(C(=O)OCC(C)(C)n1cc([N+](=O)[O-])cn1)C(C)(C)C. The van der Waals surface area contributed by atoms with Crippen LogP contribution in [0, 0.1) is 10.1 Å². The molecule has 0 unspecified atom stereocenters. The molecule has 118 valence electrons. The van der Waals surface area contributed by atoms with Gasteiger partial charge in [-0.05, 0) is 34.6 Å². The lowest BCUT2D eigenvalue weighted by atomic mass is 10.1. The average molecular weight is 298 g/mol. The van der Waals surface area contributed by atoms with E-state index >= 15 is 0 Å². The van der Waals surface area contributed by atoms with Gasteiger partial charge in [-0.1, -0.05) is 0 Å². The first-order valence-corrected chi connectivity index (χ1v) is 6.55. The van der Waals surface area contributed by atoms with Crippen molar-refractivity contribution in [2.75, 3.05) is 13.7 Å². The minimum absolute atomic E-state index is 0.0606. The van der Waals surface area contributed by atoms with Gasteiger partial charge in [0.25, 0.3) is 0 Å². The molecule has 1 aromatic heterocycles. The van der Waals surface area contributed by atoms with E-state index in [1.165, 1.54) is 22.0 Å². The molecule has 8 heteroatoms. The standard InChI is InChI=1S/C13H22N4O4/c1-12(2,3)15(6)11(18)21-9-13(4,5)16-8-10(7-14-16)17(19)20/h7-8H,9H2,1-6H3. The third-order valence-corrected chi connectivity index (χ3v) is 3.23. The summed E-state index contributed by atoms with van der Waals surface area (Å²) in [5.74, 6) is 0. The summed E-state index contributed by atoms with van der Waals surface area (Å²) in [6.07, 6.45) is 2.05. The van der Waals surface area contributed by atoms with Gasteiger partial charge in [-0.3, -0.25) is 14.8 Å². The van der Waals surface area contributed by atoms with Gasteiger partial charge in [-0.2, -0.15) is 5.10 Å². The zero-order valence-electron chi connectivity index (χ0n) is 13.3. The summed E-state index contributed by atoms with van der Waals surface area (Å²) >= 11 is 0. The second kappa shape index (κ2) is 5.71. The maximum Gasteiger partial charge on any atom is 0.410 e. The third kappa shape index (κ3) is 4.17. The fraction of sp³-hybridized carbons (Fsp3) is 0.692. The van der Waals surface area contributed by atoms with E-state index in [0.29, 0.717) is 0 Å². The van der Waals surface area contributed by atoms with Crippen LogP contribution in [0.5, 0.6) is 0 Å². The summed E-state index contributed by atoms with van der Waals surface area (Å²) in [5.41, 5.74) is -1.12. The van der Waals surface area contributed by atoms with Crippen LogP contribution in [0.2, 0.25) is 0 Å². The number of hydrogen-bond acceptors (Lipinski definition) is 5. The fourth-order valence-electron chi connectivity index (χ4n) is 1.41. The van der Waals surface area contributed by atoms with Crippen molar-refractivity contribution in [3.63, 3.8) is 0 Å². The normalized spacial score (nSPS) is 12.1. The number of hydrogen-bond donors (Lipinski definition) is 0. The van der Waals surface area contributed by atoms with E-state index in [-0.39, 0.29) is 17.8 Å². The van der Waals surface area contributed by atoms with Crippen LogP contribution in [0.3, 0.4) is 0 Å². The van der Waals surface area contributed by atoms with Gasteiger partial charge in [-0.25, -0.2) is 4.79 Å². The number of nitrogens with zero attached hydrogens (tertiary/aromatic N) is 4. The Hall–Kier alpha value is -2.12. The number of carbonyl (C=O) groups excluding carboxylic acids is 1. The molecule has 0 aliphatic rings. The van der Waals surface area contributed by atoms with E-state index < -0.39 is 16.6 Å². The number of rotatable bonds is 4. The Morgan fingerprint density at radius 3 is 2.43 bits per heavy atom. The molecule has 0 N–H and O–H groups in total. The van der Waals surface area contributed by atoms with Gasteiger partial charge in [0.15, 0.2) is 0 Å². The van der Waals surface area contributed by atoms with Gasteiger partial charge >= 0.3 is 11.8 Å². The smallest absolute Gasteiger partial charge is 0.410 e. The molecular weight excluding hydrogens is 276 g/mol. The van der Waals surface area contributed by atoms with E-state index in [9.17, 15) is 14.9 Å². The van der Waals surface area contributed by atoms with Crippen LogP contribution in [0.25, 0.3) is 0 Å². The number of carbonyl (C=O) groups is 1. The highest BCUT2D eigenvalue weighted by Gasteiger charge is 2.29. The number of ether oxygens (including phenoxy) is 1. The Labute approximate surface area is 123 Å². The Kier molecular flexibility index (Phi) is 4.60. The van der Waals surface area contributed by atoms with Gasteiger partial charge in [0.1, 0.15) is 19.0 Å². The van der Waals surface area contributed by atoms with Crippen molar-refractivity contribution >= 4 is 11.8 Å². The Morgan fingerprint density at radius 2 is 2.00 bits per heavy atom. The summed E-state index contributed by atoms with van der Waals surface area (Å²) < 4.78 is 6.70. The quantitative estimate of drug-likeness (QED) is 0.628. The average Bonchev–Trinajstić information content (AvgIpc) is 2.84. The lowest BCUT2D eigenvalue weighted by Crippen LogP contribution is -2.44. The first-order valence-electron chi connectivity index (χ1n) is 6.55. The van der Waals surface area contributed by atoms with Gasteiger partial charge in [0, 0.05) is 12.6 Å². The Morgan fingerprint density at radius 1 is 1.43 bits per heavy atom. The molecule has 0 aliphatic heterocycles. The molecule has 0 saturated carbocycles. The van der Waals surface area contributed by atoms with Gasteiger partial charge < -0.3 is 9.64 Å². The van der Waals surface area contributed by atoms with Crippen LogP contribution < -0.4 is 0 Å². The molecule has 0 aromatic carbocycles. The highest BCUT2D eigenvalue weighted by atomic mass is 16.6. The van der Waals surface area contributed by atoms with Crippen molar-refractivity contribution in [1.82, 2.24) is 14.7 Å². The van der Waals surface area contributed by atoms with E-state index in [1.54, 1.807) is 20.9 Å². The van der Waals surface area contributed by atoms with Crippen molar-refractivity contribution in [2.45, 2.75) is 45.7 Å². The van der Waals surface area contributed by atoms with Crippen LogP contribution in [-0.2, 0) is 10.3 Å². The van der Waals surface area contributed by atoms with Crippen LogP contribution in [0.4, 0.5) is 10.5 Å². The largest absolute Gasteiger partial charge is 0.447 e. The minimum atomic E-state index is -0.678. The molecule has 0 spiro atoms. The van der Waals surface area contributed by atoms with Crippen LogP contribution >= 0.6 is 0 Å². The molecule has 0 saturated heterocycles. The highest BCUT2D eigenvalue weighted by Crippen LogP contribution is 2.20. The second-order valence-corrected chi connectivity index (χ2v) is 6.50. The lowest BCUT2D eigenvalue weighted by Gasteiger charge is -2.32. The minimum Gasteiger partial charge on any atom is -0.447 e. The van der Waals surface area contributed by atoms with Crippen molar-refractivity contribution in [3.8, 4) is 0 Å². The van der Waals surface area contributed by atoms with Crippen molar-refractivity contribution in [3.05, 3.63) is 22.5 Å². The first-order chi connectivity index (χ1) is 9.45. The zero-order valence-corrected chi connectivity index (χ0v) is 13.3. The molecular formula is C13H22N4O4. The van der Waals surface area contributed by atoms with Gasteiger partial charge in [0.05, 0.1) is 10.5 Å². The van der Waals surface area contributed by atoms with Crippen molar-refractivity contribution < 1.29 is 14.5 Å². The lowest BCUT2D eigenvalue weighted by molar-refractivity contribution is -0.385. The Bertz CT molecular complexity index is 531. The van der Waals surface area contributed by atoms with Gasteiger partial charge in [-0.15, -0.1) is 0 Å². The molecule has 0 fully saturated rings. The van der Waals surface area contributed by atoms with Crippen molar-refractivity contribution in [2.24, 2.45) is 0 Å². The van der Waals surface area contributed by atoms with Crippen LogP contribution in [0.1, 0.15) is 34.6 Å². The molecule has 1 rings (SSSR count). The van der Waals surface area contributed by atoms with Crippen LogP contribution in [-0.4, -0.2) is 44.9 Å². The monoisotopic (exact) mass is 298 g/mol. The first kappa shape index (κ1) is 16.9. The van der Waals surface area contributed by atoms with E-state index in [0.717, 1.165) is 0 Å². The third-order valence-electron chi connectivity index (χ3n) is 3.23. The van der Waals surface area contributed by atoms with Crippen LogP contribution in [0.15, 0.2) is 12.4 Å². The molecule has 1 aromatic rings. The molecule has 0 bridgehead atoms. The molecule has 8 nitrogen and oxygen atoms in total. The van der Waals surface area contributed by atoms with Crippen molar-refractivity contribution in [1.29, 1.82) is 0 Å². The Balaban J connectivity index is 2.72. The summed E-state index contributed by atoms with van der Waals surface area (Å²) in [5, 5.41) is 14.6. The summed E-state index contributed by atoms with van der Waals surface area (Å²) in [7, 11) is 1.66. The number of nitro groups is 1. The number of aromatic nitrogens is 2. The fourth-order valence-corrected chi connectivity index (χ4v) is 1.41. The molecule has 0 atom stereocenters. The van der Waals surface area contributed by atoms with E-state index in [4.69, 9.17) is 4.74 Å². The molecule has 21 heavy (non-hydrogen) atoms. The molecule has 1 amide bonds. The summed E-state index contributed by atoms with van der Waals surface area (Å²) in [6.45, 7) is 9.33. The summed E-state index contributed by atoms with van der Waals surface area (Å²) in [6, 6.07) is 0. The second-order valence-electron chi connectivity index (χ2n) is 6.50. The molecule has 1 heterocycles. The highest BCUT2D eigenvalue weighted by molar-refractivity contribution is 5.68. The molecule has 0 aliphatic carbocycles. The maximum atomic E-state index is 11.9. The zero-order chi connectivity index (χ0) is 16.4. The predicted molar refractivity (Wildman–Crippen MR) is 77.1 cm³/mol. The molecule has 0 radical (unpaired) electrons. The van der Waals surface area contributed by atoms with Gasteiger partial charge in [0.2, 0.25) is 0 Å².